The molecule has 0 unspecified atom stereocenters. The van der Waals surface area contributed by atoms with Crippen LogP contribution in [0.15, 0.2) is 24.3 Å². The van der Waals surface area contributed by atoms with Gasteiger partial charge in [0, 0.05) is 13.7 Å². The predicted molar refractivity (Wildman–Crippen MR) is 72.5 cm³/mol. The third kappa shape index (κ3) is 4.89. The van der Waals surface area contributed by atoms with Gasteiger partial charge in [-0.3, -0.25) is 4.79 Å². The van der Waals surface area contributed by atoms with E-state index < -0.39 is 18.2 Å². The van der Waals surface area contributed by atoms with Crippen LogP contribution in [0.4, 0.5) is 0 Å². The van der Waals surface area contributed by atoms with Gasteiger partial charge in [0.1, 0.15) is 11.4 Å². The summed E-state index contributed by atoms with van der Waals surface area (Å²) < 4.78 is 10.1. The lowest BCUT2D eigenvalue weighted by atomic mass is 10.1. The monoisotopic (exact) mass is 281 g/mol. The number of nitrogens with one attached hydrogen (secondary N) is 1. The highest BCUT2D eigenvalue weighted by molar-refractivity contribution is 5.84. The van der Waals surface area contributed by atoms with Crippen LogP contribution in [0.3, 0.4) is 0 Å². The molecule has 0 radical (unpaired) electrons. The second kappa shape index (κ2) is 6.91. The summed E-state index contributed by atoms with van der Waals surface area (Å²) >= 11 is 0. The second-order valence-corrected chi connectivity index (χ2v) is 4.73. The van der Waals surface area contributed by atoms with Crippen molar-refractivity contribution in [3.05, 3.63) is 29.8 Å². The third-order valence-corrected chi connectivity index (χ3v) is 2.77. The standard InChI is InChI=1S/C14H19NO5/c1-14(2,19-3)13(18)15-8-10-5-4-6-11(7-10)20-9-12(16)17/h4-7H,8-9H2,1-3H3,(H,15,18)(H,16,17). The molecule has 1 rings (SSSR count). The molecule has 1 amide bonds. The first-order chi connectivity index (χ1) is 9.35. The van der Waals surface area contributed by atoms with E-state index in [0.29, 0.717) is 12.3 Å². The van der Waals surface area contributed by atoms with Gasteiger partial charge in [0.15, 0.2) is 6.61 Å². The molecule has 1 aromatic carbocycles. The molecule has 0 bridgehead atoms. The number of carbonyl (C=O) groups excluding carboxylic acids is 1. The molecule has 0 spiro atoms. The minimum atomic E-state index is -1.04. The van der Waals surface area contributed by atoms with E-state index in [4.69, 9.17) is 14.6 Å². The molecule has 0 heterocycles. The van der Waals surface area contributed by atoms with Gasteiger partial charge in [-0.25, -0.2) is 4.79 Å². The number of aliphatic carboxylic acids is 1. The van der Waals surface area contributed by atoms with Gasteiger partial charge in [0.25, 0.3) is 5.91 Å². The average molecular weight is 281 g/mol. The molecule has 0 saturated heterocycles. The van der Waals surface area contributed by atoms with Gasteiger partial charge < -0.3 is 19.9 Å². The van der Waals surface area contributed by atoms with Crippen molar-refractivity contribution in [1.82, 2.24) is 5.32 Å². The van der Waals surface area contributed by atoms with E-state index in [1.54, 1.807) is 32.0 Å². The lowest BCUT2D eigenvalue weighted by Gasteiger charge is -2.21. The average Bonchev–Trinajstić information content (AvgIpc) is 2.42. The van der Waals surface area contributed by atoms with Crippen molar-refractivity contribution < 1.29 is 24.2 Å². The van der Waals surface area contributed by atoms with Crippen LogP contribution in [-0.2, 0) is 20.9 Å². The fourth-order valence-corrected chi connectivity index (χ4v) is 1.38. The Morgan fingerprint density at radius 2 is 2.05 bits per heavy atom. The molecule has 0 fully saturated rings. The van der Waals surface area contributed by atoms with Crippen molar-refractivity contribution in [1.29, 1.82) is 0 Å². The van der Waals surface area contributed by atoms with Gasteiger partial charge in [0.2, 0.25) is 0 Å². The Balaban J connectivity index is 2.58. The molecule has 1 aromatic rings. The highest BCUT2D eigenvalue weighted by atomic mass is 16.5. The van der Waals surface area contributed by atoms with E-state index in [2.05, 4.69) is 5.32 Å². The largest absolute Gasteiger partial charge is 0.482 e. The fourth-order valence-electron chi connectivity index (χ4n) is 1.38. The number of amides is 1. The van der Waals surface area contributed by atoms with Crippen LogP contribution >= 0.6 is 0 Å². The van der Waals surface area contributed by atoms with Crippen LogP contribution in [0, 0.1) is 0 Å². The van der Waals surface area contributed by atoms with E-state index in [1.165, 1.54) is 7.11 Å². The van der Waals surface area contributed by atoms with Gasteiger partial charge >= 0.3 is 5.97 Å². The first-order valence-electron chi connectivity index (χ1n) is 6.12. The molecule has 6 nitrogen and oxygen atoms in total. The summed E-state index contributed by atoms with van der Waals surface area (Å²) in [5.41, 5.74) is -0.0784. The summed E-state index contributed by atoms with van der Waals surface area (Å²) in [5.74, 6) is -0.812. The van der Waals surface area contributed by atoms with E-state index in [0.717, 1.165) is 5.56 Å². The molecule has 6 heteroatoms. The quantitative estimate of drug-likeness (QED) is 0.784. The summed E-state index contributed by atoms with van der Waals surface area (Å²) in [6.45, 7) is 3.27. The van der Waals surface area contributed by atoms with Gasteiger partial charge in [-0.2, -0.15) is 0 Å². The maximum absolute atomic E-state index is 11.8. The Labute approximate surface area is 117 Å². The third-order valence-electron chi connectivity index (χ3n) is 2.77. The first kappa shape index (κ1) is 16.0. The molecule has 110 valence electrons. The number of methoxy groups -OCH3 is 1. The summed E-state index contributed by atoms with van der Waals surface area (Å²) in [6, 6.07) is 6.89. The Hall–Kier alpha value is -2.08. The maximum Gasteiger partial charge on any atom is 0.341 e. The van der Waals surface area contributed by atoms with Gasteiger partial charge in [-0.15, -0.1) is 0 Å². The molecular weight excluding hydrogens is 262 g/mol. The number of rotatable bonds is 7. The zero-order valence-electron chi connectivity index (χ0n) is 11.8. The molecule has 0 aromatic heterocycles. The number of benzene rings is 1. The number of ether oxygens (including phenoxy) is 2. The number of hydrogen-bond donors (Lipinski definition) is 2. The molecule has 2 N–H and O–H groups in total. The summed E-state index contributed by atoms with van der Waals surface area (Å²) in [5, 5.41) is 11.3. The van der Waals surface area contributed by atoms with Crippen molar-refractivity contribution in [2.45, 2.75) is 26.0 Å². The van der Waals surface area contributed by atoms with Crippen LogP contribution in [0.1, 0.15) is 19.4 Å². The van der Waals surface area contributed by atoms with Crippen LogP contribution in [0.25, 0.3) is 0 Å². The molecule has 20 heavy (non-hydrogen) atoms. The molecule has 0 aliphatic heterocycles. The Morgan fingerprint density at radius 3 is 2.65 bits per heavy atom. The molecule has 0 aliphatic rings. The van der Waals surface area contributed by atoms with E-state index in [-0.39, 0.29) is 5.91 Å². The predicted octanol–water partition coefficient (Wildman–Crippen LogP) is 1.19. The number of carboxylic acid groups (broad SMARTS) is 1. The zero-order valence-corrected chi connectivity index (χ0v) is 11.8. The Morgan fingerprint density at radius 1 is 1.35 bits per heavy atom. The molecular formula is C14H19NO5. The topological polar surface area (TPSA) is 84.9 Å². The summed E-state index contributed by atoms with van der Waals surface area (Å²) in [6.07, 6.45) is 0. The SMILES string of the molecule is COC(C)(C)C(=O)NCc1cccc(OCC(=O)O)c1. The number of carbonyl (C=O) groups is 2. The van der Waals surface area contributed by atoms with E-state index >= 15 is 0 Å². The normalized spacial score (nSPS) is 10.9. The summed E-state index contributed by atoms with van der Waals surface area (Å²) in [4.78, 5) is 22.2. The first-order valence-corrected chi connectivity index (χ1v) is 6.12. The van der Waals surface area contributed by atoms with Crippen molar-refractivity contribution in [3.63, 3.8) is 0 Å². The highest BCUT2D eigenvalue weighted by Gasteiger charge is 2.26. The molecule has 0 atom stereocenters. The molecule has 0 saturated carbocycles. The summed E-state index contributed by atoms with van der Waals surface area (Å²) in [7, 11) is 1.47. The van der Waals surface area contributed by atoms with Gasteiger partial charge in [0.05, 0.1) is 0 Å². The minimum Gasteiger partial charge on any atom is -0.482 e. The van der Waals surface area contributed by atoms with Crippen LogP contribution in [-0.4, -0.2) is 36.3 Å². The van der Waals surface area contributed by atoms with E-state index in [1.807, 2.05) is 6.07 Å². The highest BCUT2D eigenvalue weighted by Crippen LogP contribution is 2.14. The lowest BCUT2D eigenvalue weighted by Crippen LogP contribution is -2.43. The van der Waals surface area contributed by atoms with Crippen LogP contribution in [0.2, 0.25) is 0 Å². The minimum absolute atomic E-state index is 0.225. The zero-order chi connectivity index (χ0) is 15.2. The van der Waals surface area contributed by atoms with Crippen molar-refractivity contribution in [2.75, 3.05) is 13.7 Å². The van der Waals surface area contributed by atoms with Crippen LogP contribution < -0.4 is 10.1 Å². The second-order valence-electron chi connectivity index (χ2n) is 4.73. The van der Waals surface area contributed by atoms with Crippen molar-refractivity contribution >= 4 is 11.9 Å². The van der Waals surface area contributed by atoms with Crippen molar-refractivity contribution in [2.24, 2.45) is 0 Å². The van der Waals surface area contributed by atoms with Gasteiger partial charge in [-0.1, -0.05) is 12.1 Å². The Bertz CT molecular complexity index is 484. The maximum atomic E-state index is 11.8. The Kier molecular flexibility index (Phi) is 5.52. The molecule has 0 aliphatic carbocycles. The van der Waals surface area contributed by atoms with Crippen molar-refractivity contribution in [3.8, 4) is 5.75 Å². The number of hydrogen-bond acceptors (Lipinski definition) is 4. The smallest absolute Gasteiger partial charge is 0.341 e. The van der Waals surface area contributed by atoms with Crippen LogP contribution in [0.5, 0.6) is 5.75 Å². The fraction of sp³-hybridized carbons (Fsp3) is 0.429. The van der Waals surface area contributed by atoms with E-state index in [9.17, 15) is 9.59 Å². The number of carboxylic acids is 1. The lowest BCUT2D eigenvalue weighted by molar-refractivity contribution is -0.140. The van der Waals surface area contributed by atoms with Gasteiger partial charge in [-0.05, 0) is 31.5 Å².